The number of Topliss-reactive ketones (excluding diaryl/α,β-unsaturated/α-hetero) is 1. The second-order valence-electron chi connectivity index (χ2n) is 17.6. The van der Waals surface area contributed by atoms with E-state index >= 15 is 0 Å². The van der Waals surface area contributed by atoms with Crippen LogP contribution in [0.1, 0.15) is 82.8 Å². The number of fused-ring (bicyclic) bond motifs is 2. The summed E-state index contributed by atoms with van der Waals surface area (Å²) >= 11 is 13.0. The number of aliphatic hydroxyl groups excluding tert-OH is 1. The van der Waals surface area contributed by atoms with Gasteiger partial charge in [-0.3, -0.25) is 38.6 Å². The maximum absolute atomic E-state index is 13.8. The molecule has 1 aromatic heterocycles. The van der Waals surface area contributed by atoms with E-state index in [1.165, 1.54) is 62.8 Å². The highest BCUT2D eigenvalue weighted by Crippen LogP contribution is 2.66. The van der Waals surface area contributed by atoms with E-state index in [4.69, 9.17) is 56.4 Å². The van der Waals surface area contributed by atoms with Gasteiger partial charge < -0.3 is 58.3 Å². The predicted octanol–water partition coefficient (Wildman–Crippen LogP) is 6.97. The van der Waals surface area contributed by atoms with Gasteiger partial charge in [0.2, 0.25) is 5.43 Å². The lowest BCUT2D eigenvalue weighted by atomic mass is 9.88. The number of aromatic nitrogens is 2. The molecule has 426 valence electrons. The molecule has 3 aliphatic rings. The van der Waals surface area contributed by atoms with Crippen LogP contribution in [-0.2, 0) is 42.9 Å². The average Bonchev–Trinajstić information content (AvgIpc) is 3.74. The highest BCUT2D eigenvalue weighted by atomic mass is 35.5. The molecule has 80 heavy (non-hydrogen) atoms. The van der Waals surface area contributed by atoms with Crippen LogP contribution in [0.25, 0.3) is 33.4 Å². The smallest absolute Gasteiger partial charge is 0.490 e. The minimum Gasteiger partial charge on any atom is -0.503 e. The van der Waals surface area contributed by atoms with Crippen LogP contribution in [-0.4, -0.2) is 94.2 Å². The molecular weight excluding hydrogens is 1170 g/mol. The standard InChI is InChI=1S/C47H44Cl2N3O25P3/c1-21(2)42(72-19-24-18-51(47(60)50-45(24)57)36-17-32(54)35(74-36)20-73-79(66,67)77-80(68,69)76-78(63,64)65)26-11-9-22(13-30(26)52(61)62)7-5-6-8-31(53)23-10-12-25(46(58)59)27(14-23)37-28-15-33(70-3)40(55)38(48)43(28)75-44-29(37)16-34(71-4)41(56)39(44)49/h9-16,18,21,32,35-36,42,54-55H,6,8,17,19-20H2,1-4H3,(H,58,59)(H,66,67)(H,68,69)(H,50,57,60)(H2,63,64,65)/t32-,35-,36-,42-/m1/s1. The molecule has 0 bridgehead atoms. The molecule has 28 nitrogen and oxygen atoms in total. The van der Waals surface area contributed by atoms with Crippen LogP contribution in [0.3, 0.4) is 0 Å². The number of aromatic carboxylic acids is 1. The van der Waals surface area contributed by atoms with Gasteiger partial charge in [0.25, 0.3) is 11.2 Å². The second kappa shape index (κ2) is 24.2. The Morgan fingerprint density at radius 3 is 2.29 bits per heavy atom. The number of ether oxygens (including phenoxy) is 4. The number of hydrogen-bond donors (Lipinski definition) is 8. The third-order valence-electron chi connectivity index (χ3n) is 12.0. The first-order valence-corrected chi connectivity index (χ1v) is 28.2. The number of carbonyl (C=O) groups excluding carboxylic acids is 1. The number of nitro benzene ring substituents is 1. The number of rotatable bonds is 21. The number of hydrogen-bond acceptors (Lipinski definition) is 20. The number of nitro groups is 1. The number of nitrogens with zero attached hydrogens (tertiary/aromatic N) is 2. The van der Waals surface area contributed by atoms with Crippen LogP contribution in [0, 0.1) is 27.9 Å². The molecule has 3 heterocycles. The number of carboxylic acid groups (broad SMARTS) is 1. The zero-order valence-corrected chi connectivity index (χ0v) is 45.8. The van der Waals surface area contributed by atoms with E-state index < -0.39 is 123 Å². The number of halogens is 2. The molecule has 0 amide bonds. The fourth-order valence-corrected chi connectivity index (χ4v) is 11.9. The van der Waals surface area contributed by atoms with Gasteiger partial charge in [-0.2, -0.15) is 8.62 Å². The highest BCUT2D eigenvalue weighted by Gasteiger charge is 2.43. The molecule has 1 fully saturated rings. The summed E-state index contributed by atoms with van der Waals surface area (Å²) in [5.41, 5.74) is -3.53. The first-order valence-electron chi connectivity index (χ1n) is 22.9. The summed E-state index contributed by atoms with van der Waals surface area (Å²) in [6, 6.07) is 10.4. The number of benzene rings is 4. The van der Waals surface area contributed by atoms with Crippen molar-refractivity contribution in [3.05, 3.63) is 134 Å². The van der Waals surface area contributed by atoms with Crippen molar-refractivity contribution >= 4 is 75.1 Å². The van der Waals surface area contributed by atoms with E-state index in [2.05, 4.69) is 30.0 Å². The fraction of sp³-hybridized carbons (Fsp3) is 0.298. The molecule has 6 atom stereocenters. The monoisotopic (exact) mass is 1210 g/mol. The van der Waals surface area contributed by atoms with Gasteiger partial charge in [-0.05, 0) is 47.9 Å². The molecule has 0 radical (unpaired) electrons. The van der Waals surface area contributed by atoms with Gasteiger partial charge in [0.1, 0.15) is 22.4 Å². The molecule has 33 heteroatoms. The number of phosphoric acid groups is 3. The fourth-order valence-electron chi connectivity index (χ4n) is 8.39. The van der Waals surface area contributed by atoms with Gasteiger partial charge in [-0.1, -0.05) is 55.0 Å². The van der Waals surface area contributed by atoms with Gasteiger partial charge >= 0.3 is 35.1 Å². The largest absolute Gasteiger partial charge is 0.503 e. The first-order chi connectivity index (χ1) is 37.4. The highest BCUT2D eigenvalue weighted by molar-refractivity contribution is 7.66. The average molecular weight is 1210 g/mol. The van der Waals surface area contributed by atoms with E-state index in [1.807, 2.05) is 0 Å². The van der Waals surface area contributed by atoms with Gasteiger partial charge in [-0.25, -0.2) is 23.3 Å². The number of methoxy groups -OCH3 is 2. The number of aromatic hydroxyl groups is 1. The first kappa shape index (κ1) is 61.0. The quantitative estimate of drug-likeness (QED) is 0.00900. The number of ketones is 1. The van der Waals surface area contributed by atoms with Gasteiger partial charge in [0.15, 0.2) is 34.4 Å². The van der Waals surface area contributed by atoms with Crippen molar-refractivity contribution in [2.24, 2.45) is 5.92 Å². The van der Waals surface area contributed by atoms with Gasteiger partial charge in [-0.15, -0.1) is 0 Å². The van der Waals surface area contributed by atoms with E-state index in [0.29, 0.717) is 0 Å². The van der Waals surface area contributed by atoms with Crippen LogP contribution in [0.2, 0.25) is 10.0 Å². The third kappa shape index (κ3) is 13.6. The summed E-state index contributed by atoms with van der Waals surface area (Å²) in [6.07, 6.45) is -5.20. The lowest BCUT2D eigenvalue weighted by Crippen LogP contribution is -2.34. The Balaban J connectivity index is 1.08. The summed E-state index contributed by atoms with van der Waals surface area (Å²) in [6.45, 7) is 1.75. The SMILES string of the molecule is COc1cc2c(-c3cc(C(=O)CCC#Cc4ccc([C@H](OCc5cn([C@H]6C[C@@H](O)[C@@H](COP(=O)(O)OP(=O)(O)OP(=O)(O)O)O6)c(=O)[nH]c5=O)C(C)C)c([N+](=O)[O-])c4)ccc3C(=O)O)c3cc(OC)c(=O)c(Cl)c-3oc2c(Cl)c1O. The molecule has 0 spiro atoms. The molecule has 7 rings (SSSR count). The Labute approximate surface area is 458 Å². The third-order valence-corrected chi connectivity index (χ3v) is 16.5. The van der Waals surface area contributed by atoms with Crippen LogP contribution >= 0.6 is 46.7 Å². The van der Waals surface area contributed by atoms with Crippen LogP contribution in [0.5, 0.6) is 17.2 Å². The molecule has 1 saturated heterocycles. The van der Waals surface area contributed by atoms with E-state index in [1.54, 1.807) is 13.8 Å². The number of carboxylic acids is 1. The number of H-pyrrole nitrogens is 1. The Morgan fingerprint density at radius 2 is 1.65 bits per heavy atom. The molecule has 2 unspecified atom stereocenters. The topological polar surface area (TPSA) is 420 Å². The van der Waals surface area contributed by atoms with Crippen molar-refractivity contribution in [2.45, 2.75) is 64.3 Å². The summed E-state index contributed by atoms with van der Waals surface area (Å²) in [4.78, 5) is 116. The maximum atomic E-state index is 13.8. The summed E-state index contributed by atoms with van der Waals surface area (Å²) in [5.74, 6) is 2.08. The number of carbonyl (C=O) groups is 2. The number of phosphoric ester groups is 1. The van der Waals surface area contributed by atoms with Crippen molar-refractivity contribution in [2.75, 3.05) is 20.8 Å². The second-order valence-corrected chi connectivity index (χ2v) is 22.8. The maximum Gasteiger partial charge on any atom is 0.490 e. The zero-order valence-electron chi connectivity index (χ0n) is 41.6. The molecular formula is C47H44Cl2N3O25P3. The van der Waals surface area contributed by atoms with Crippen molar-refractivity contribution in [1.82, 2.24) is 9.55 Å². The van der Waals surface area contributed by atoms with Crippen LogP contribution in [0.4, 0.5) is 5.69 Å². The van der Waals surface area contributed by atoms with Gasteiger partial charge in [0.05, 0.1) is 61.3 Å². The Bertz CT molecular complexity index is 3850. The minimum absolute atomic E-state index is 0.0256. The predicted molar refractivity (Wildman–Crippen MR) is 278 cm³/mol. The molecule has 2 aliphatic heterocycles. The number of nitrogens with one attached hydrogen (secondary N) is 1. The summed E-state index contributed by atoms with van der Waals surface area (Å²) in [5, 5.41) is 43.5. The van der Waals surface area contributed by atoms with Crippen molar-refractivity contribution in [1.29, 1.82) is 0 Å². The van der Waals surface area contributed by atoms with Crippen molar-refractivity contribution < 1.29 is 99.6 Å². The lowest BCUT2D eigenvalue weighted by Gasteiger charge is -2.22. The van der Waals surface area contributed by atoms with Gasteiger partial charge in [0, 0.05) is 59.2 Å². The molecule has 8 N–H and O–H groups in total. The number of aromatic amines is 1. The summed E-state index contributed by atoms with van der Waals surface area (Å²) < 4.78 is 75.6. The number of aliphatic hydroxyl groups is 1. The molecule has 1 aliphatic carbocycles. The van der Waals surface area contributed by atoms with Crippen LogP contribution in [0.15, 0.2) is 73.5 Å². The molecule has 3 aromatic carbocycles. The molecule has 0 saturated carbocycles. The number of phenolic OH excluding ortho intramolecular Hbond substituents is 1. The Kier molecular flexibility index (Phi) is 18.5. The van der Waals surface area contributed by atoms with Crippen molar-refractivity contribution in [3.8, 4) is 51.5 Å². The zero-order chi connectivity index (χ0) is 58.9. The van der Waals surface area contributed by atoms with E-state index in [-0.39, 0.29) is 90.6 Å². The van der Waals surface area contributed by atoms with E-state index in [9.17, 15) is 72.9 Å². The molecule has 4 aromatic rings. The lowest BCUT2D eigenvalue weighted by molar-refractivity contribution is -0.386. The Morgan fingerprint density at radius 1 is 0.950 bits per heavy atom. The minimum atomic E-state index is -5.86. The van der Waals surface area contributed by atoms with E-state index in [0.717, 1.165) is 10.8 Å². The normalized spacial score (nSPS) is 17.4. The summed E-state index contributed by atoms with van der Waals surface area (Å²) in [7, 11) is -14.7. The Hall–Kier alpha value is -6.60. The number of phenols is 1. The van der Waals surface area contributed by atoms with Crippen LogP contribution < -0.4 is 26.2 Å². The van der Waals surface area contributed by atoms with Crippen molar-refractivity contribution in [3.63, 3.8) is 0 Å².